The van der Waals surface area contributed by atoms with Gasteiger partial charge in [-0.1, -0.05) is 325 Å². The van der Waals surface area contributed by atoms with Crippen molar-refractivity contribution in [3.63, 3.8) is 0 Å². The van der Waals surface area contributed by atoms with E-state index in [9.17, 15) is 43.2 Å². The third-order valence-corrected chi connectivity index (χ3v) is 19.0. The molecule has 0 saturated heterocycles. The van der Waals surface area contributed by atoms with Crippen LogP contribution in [0, 0.1) is 17.8 Å². The summed E-state index contributed by atoms with van der Waals surface area (Å²) in [5.41, 5.74) is 0. The zero-order valence-electron chi connectivity index (χ0n) is 60.7. The summed E-state index contributed by atoms with van der Waals surface area (Å²) in [5.74, 6) is 0.133. The molecule has 0 aliphatic heterocycles. The van der Waals surface area contributed by atoms with E-state index in [2.05, 4.69) is 48.5 Å². The smallest absolute Gasteiger partial charge is 0.462 e. The summed E-state index contributed by atoms with van der Waals surface area (Å²) in [4.78, 5) is 72.7. The zero-order chi connectivity index (χ0) is 68.7. The minimum atomic E-state index is -4.96. The molecule has 0 aromatic rings. The Morgan fingerprint density at radius 3 is 0.731 bits per heavy atom. The molecule has 0 fully saturated rings. The van der Waals surface area contributed by atoms with Gasteiger partial charge in [-0.2, -0.15) is 0 Å². The standard InChI is InChI=1S/C74H144O17P2/c1-8-9-10-11-12-13-14-15-16-22-28-35-43-50-57-73(78)91-70(62-85-72(77)56-49-42-37-30-33-40-47-54-67(6)7)64-89-93(82,83)87-60-68(75)59-86-92(80,81)88-63-69(61-84-71(76)55-48-41-34-27-24-19-21-26-32-39-46-53-66(4)5)90-74(79)58-51-44-36-29-23-18-17-20-25-31-38-45-52-65(2)3/h65-70,75H,8-64H2,1-7H3,(H,80,81)(H,82,83)/t68-,69-,70-/m1/s1. The number of aliphatic hydroxyl groups excluding tert-OH is 1. The van der Waals surface area contributed by atoms with E-state index in [1.54, 1.807) is 0 Å². The molecule has 0 aliphatic carbocycles. The van der Waals surface area contributed by atoms with Crippen molar-refractivity contribution in [2.75, 3.05) is 39.6 Å². The molecule has 0 amide bonds. The minimum Gasteiger partial charge on any atom is -0.462 e. The summed E-state index contributed by atoms with van der Waals surface area (Å²) in [5, 5.41) is 10.6. The van der Waals surface area contributed by atoms with Crippen molar-refractivity contribution in [2.45, 2.75) is 394 Å². The summed E-state index contributed by atoms with van der Waals surface area (Å²) >= 11 is 0. The van der Waals surface area contributed by atoms with Crippen LogP contribution in [-0.2, 0) is 65.4 Å². The number of hydrogen-bond acceptors (Lipinski definition) is 15. The highest BCUT2D eigenvalue weighted by Crippen LogP contribution is 2.45. The molecule has 0 rings (SSSR count). The number of phosphoric acid groups is 2. The Morgan fingerprint density at radius 1 is 0.290 bits per heavy atom. The second-order valence-corrected chi connectivity index (χ2v) is 31.0. The number of aliphatic hydroxyl groups is 1. The van der Waals surface area contributed by atoms with Gasteiger partial charge in [0.2, 0.25) is 0 Å². The van der Waals surface area contributed by atoms with Gasteiger partial charge in [0.15, 0.2) is 12.2 Å². The topological polar surface area (TPSA) is 237 Å². The van der Waals surface area contributed by atoms with Crippen LogP contribution in [0.4, 0.5) is 0 Å². The molecule has 17 nitrogen and oxygen atoms in total. The zero-order valence-corrected chi connectivity index (χ0v) is 62.5. The summed E-state index contributed by atoms with van der Waals surface area (Å²) < 4.78 is 68.5. The second kappa shape index (κ2) is 64.7. The molecule has 5 atom stereocenters. The SMILES string of the molecule is CCCCCCCCCCCCCCCCC(=O)O[C@H](COC(=O)CCCCCCCCCC(C)C)COP(=O)(O)OC[C@H](O)COP(=O)(O)OC[C@@H](COC(=O)CCCCCCCCCCCCCC(C)C)OC(=O)CCCCCCCCCCCCCCC(C)C. The molecule has 0 spiro atoms. The third kappa shape index (κ3) is 68.4. The molecular formula is C74H144O17P2. The maximum absolute atomic E-state index is 13.1. The fourth-order valence-electron chi connectivity index (χ4n) is 11.2. The van der Waals surface area contributed by atoms with Gasteiger partial charge in [-0.15, -0.1) is 0 Å². The number of ether oxygens (including phenoxy) is 4. The third-order valence-electron chi connectivity index (χ3n) is 17.1. The number of esters is 4. The Hall–Kier alpha value is -1.94. The van der Waals surface area contributed by atoms with E-state index in [4.69, 9.17) is 37.0 Å². The highest BCUT2D eigenvalue weighted by molar-refractivity contribution is 7.47. The van der Waals surface area contributed by atoms with Gasteiger partial charge in [0.05, 0.1) is 26.4 Å². The van der Waals surface area contributed by atoms with Crippen LogP contribution in [0.3, 0.4) is 0 Å². The predicted octanol–water partition coefficient (Wildman–Crippen LogP) is 21.4. The monoisotopic (exact) mass is 1370 g/mol. The lowest BCUT2D eigenvalue weighted by atomic mass is 10.0. The van der Waals surface area contributed by atoms with Gasteiger partial charge in [-0.3, -0.25) is 37.3 Å². The lowest BCUT2D eigenvalue weighted by molar-refractivity contribution is -0.161. The molecule has 0 bridgehead atoms. The second-order valence-electron chi connectivity index (χ2n) is 28.1. The molecule has 19 heteroatoms. The molecule has 2 unspecified atom stereocenters. The number of carbonyl (C=O) groups excluding carboxylic acids is 4. The quantitative estimate of drug-likeness (QED) is 0.0222. The molecule has 552 valence electrons. The molecule has 0 radical (unpaired) electrons. The van der Waals surface area contributed by atoms with Crippen molar-refractivity contribution in [2.24, 2.45) is 17.8 Å². The van der Waals surface area contributed by atoms with Crippen LogP contribution in [0.5, 0.6) is 0 Å². The first kappa shape index (κ1) is 91.1. The van der Waals surface area contributed by atoms with Crippen LogP contribution in [0.25, 0.3) is 0 Å². The molecule has 93 heavy (non-hydrogen) atoms. The van der Waals surface area contributed by atoms with Crippen LogP contribution in [0.15, 0.2) is 0 Å². The minimum absolute atomic E-state index is 0.107. The highest BCUT2D eigenvalue weighted by atomic mass is 31.2. The van der Waals surface area contributed by atoms with Gasteiger partial charge < -0.3 is 33.8 Å². The van der Waals surface area contributed by atoms with E-state index < -0.39 is 97.5 Å². The molecule has 0 aromatic carbocycles. The largest absolute Gasteiger partial charge is 0.472 e. The molecule has 0 aromatic heterocycles. The Balaban J connectivity index is 5.26. The van der Waals surface area contributed by atoms with Gasteiger partial charge in [-0.25, -0.2) is 9.13 Å². The normalized spacial score (nSPS) is 14.1. The summed E-state index contributed by atoms with van der Waals surface area (Å²) in [6.45, 7) is 11.8. The Bertz CT molecular complexity index is 1820. The number of rotatable bonds is 72. The van der Waals surface area contributed by atoms with Crippen LogP contribution >= 0.6 is 15.6 Å². The number of hydrogen-bond donors (Lipinski definition) is 3. The van der Waals surface area contributed by atoms with E-state index in [0.29, 0.717) is 31.6 Å². The van der Waals surface area contributed by atoms with Crippen molar-refractivity contribution in [1.29, 1.82) is 0 Å². The van der Waals surface area contributed by atoms with Gasteiger partial charge >= 0.3 is 39.5 Å². The lowest BCUT2D eigenvalue weighted by Gasteiger charge is -2.21. The fraction of sp³-hybridized carbons (Fsp3) is 0.946. The van der Waals surface area contributed by atoms with Crippen molar-refractivity contribution < 1.29 is 80.2 Å². The maximum Gasteiger partial charge on any atom is 0.472 e. The Kier molecular flexibility index (Phi) is 63.4. The van der Waals surface area contributed by atoms with E-state index in [-0.39, 0.29) is 25.7 Å². The van der Waals surface area contributed by atoms with Crippen LogP contribution < -0.4 is 0 Å². The van der Waals surface area contributed by atoms with Crippen LogP contribution in [-0.4, -0.2) is 96.7 Å². The summed E-state index contributed by atoms with van der Waals surface area (Å²) in [6, 6.07) is 0. The fourth-order valence-corrected chi connectivity index (χ4v) is 12.8. The first-order chi connectivity index (χ1) is 44.7. The van der Waals surface area contributed by atoms with Crippen molar-refractivity contribution in [3.8, 4) is 0 Å². The number of carbonyl (C=O) groups is 4. The van der Waals surface area contributed by atoms with E-state index >= 15 is 0 Å². The van der Waals surface area contributed by atoms with Gasteiger partial charge in [0.25, 0.3) is 0 Å². The maximum atomic E-state index is 13.1. The Labute approximate surface area is 568 Å². The Morgan fingerprint density at radius 2 is 0.495 bits per heavy atom. The molecule has 0 saturated carbocycles. The van der Waals surface area contributed by atoms with E-state index in [1.807, 2.05) is 0 Å². The molecular weight excluding hydrogens is 1220 g/mol. The lowest BCUT2D eigenvalue weighted by Crippen LogP contribution is -2.30. The van der Waals surface area contributed by atoms with E-state index in [1.165, 1.54) is 180 Å². The van der Waals surface area contributed by atoms with Crippen LogP contribution in [0.2, 0.25) is 0 Å². The number of unbranched alkanes of at least 4 members (excludes halogenated alkanes) is 40. The summed E-state index contributed by atoms with van der Waals surface area (Å²) in [7, 11) is -9.91. The van der Waals surface area contributed by atoms with Crippen LogP contribution in [0.1, 0.15) is 376 Å². The number of phosphoric ester groups is 2. The summed E-state index contributed by atoms with van der Waals surface area (Å²) in [6.07, 6.45) is 49.9. The van der Waals surface area contributed by atoms with Gasteiger partial charge in [-0.05, 0) is 43.4 Å². The van der Waals surface area contributed by atoms with E-state index in [0.717, 1.165) is 108 Å². The first-order valence-corrected chi connectivity index (χ1v) is 41.3. The average Bonchev–Trinajstić information content (AvgIpc) is 2.11. The predicted molar refractivity (Wildman–Crippen MR) is 377 cm³/mol. The van der Waals surface area contributed by atoms with Gasteiger partial charge in [0.1, 0.15) is 19.3 Å². The van der Waals surface area contributed by atoms with Crippen molar-refractivity contribution >= 4 is 39.5 Å². The van der Waals surface area contributed by atoms with Gasteiger partial charge in [0, 0.05) is 25.7 Å². The van der Waals surface area contributed by atoms with Crippen molar-refractivity contribution in [3.05, 3.63) is 0 Å². The molecule has 3 N–H and O–H groups in total. The molecule has 0 aliphatic rings. The average molecular weight is 1370 g/mol. The van der Waals surface area contributed by atoms with Crippen molar-refractivity contribution in [1.82, 2.24) is 0 Å². The first-order valence-electron chi connectivity index (χ1n) is 38.3. The molecule has 0 heterocycles. The highest BCUT2D eigenvalue weighted by Gasteiger charge is 2.30.